The van der Waals surface area contributed by atoms with E-state index in [0.717, 1.165) is 51.6 Å². The van der Waals surface area contributed by atoms with Crippen LogP contribution < -0.4 is 0 Å². The second-order valence-electron chi connectivity index (χ2n) is 5.38. The van der Waals surface area contributed by atoms with E-state index in [4.69, 9.17) is 19.7 Å². The molecule has 0 bridgehead atoms. The van der Waals surface area contributed by atoms with Crippen molar-refractivity contribution in [3.63, 3.8) is 0 Å². The molecule has 2 unspecified atom stereocenters. The van der Waals surface area contributed by atoms with E-state index in [1.807, 2.05) is 0 Å². The summed E-state index contributed by atoms with van der Waals surface area (Å²) in [5, 5.41) is 16.9. The molecule has 2 heterocycles. The Morgan fingerprint density at radius 3 is 2.00 bits per heavy atom. The molecule has 0 aromatic carbocycles. The zero-order chi connectivity index (χ0) is 15.8. The molecule has 0 aromatic rings. The van der Waals surface area contributed by atoms with Crippen LogP contribution >= 0.6 is 0 Å². The normalized spacial score (nSPS) is 24.9. The summed E-state index contributed by atoms with van der Waals surface area (Å²) in [6, 6.07) is 0. The van der Waals surface area contributed by atoms with Gasteiger partial charge in [-0.05, 0) is 58.3 Å². The summed E-state index contributed by atoms with van der Waals surface area (Å²) < 4.78 is 10.1. The molecule has 2 fully saturated rings. The molecule has 0 aromatic heterocycles. The van der Waals surface area contributed by atoms with Crippen molar-refractivity contribution in [2.24, 2.45) is 0 Å². The third-order valence-electron chi connectivity index (χ3n) is 3.29. The fourth-order valence-electron chi connectivity index (χ4n) is 1.96. The van der Waals surface area contributed by atoms with Gasteiger partial charge in [0, 0.05) is 26.2 Å². The molecule has 2 aliphatic heterocycles. The maximum Gasteiger partial charge on any atom is 0.154 e. The van der Waals surface area contributed by atoms with Crippen LogP contribution in [0.2, 0.25) is 0 Å². The smallest absolute Gasteiger partial charge is 0.154 e. The van der Waals surface area contributed by atoms with Crippen LogP contribution in [0.3, 0.4) is 0 Å². The Bertz CT molecular complexity index is 195. The Balaban J connectivity index is 0.000000286. The van der Waals surface area contributed by atoms with Gasteiger partial charge in [-0.3, -0.25) is 0 Å². The standard InChI is InChI=1S/C6H12O.2C5H10O2/c1-6-4-2-3-5-7-6;6-5-3-1-2-4-7-5;6-4-2-1-3-5-7/h6H,2-5H2,1H3;5-6H,1-4H2;4,7H,1-3,5H2. The minimum atomic E-state index is -0.464. The molecule has 0 radical (unpaired) electrons. The number of carbonyl (C=O) groups excluding carboxylic acids is 1. The zero-order valence-electron chi connectivity index (χ0n) is 13.3. The number of unbranched alkanes of at least 4 members (excludes halogenated alkanes) is 2. The van der Waals surface area contributed by atoms with E-state index in [1.54, 1.807) is 0 Å². The van der Waals surface area contributed by atoms with Gasteiger partial charge in [0.05, 0.1) is 6.10 Å². The van der Waals surface area contributed by atoms with Gasteiger partial charge in [0.1, 0.15) is 6.29 Å². The number of rotatable bonds is 4. The number of aliphatic hydroxyl groups is 2. The maximum absolute atomic E-state index is 9.60. The third-order valence-corrected chi connectivity index (χ3v) is 3.29. The molecule has 2 aliphatic rings. The minimum absolute atomic E-state index is 0.202. The van der Waals surface area contributed by atoms with E-state index >= 15 is 0 Å². The van der Waals surface area contributed by atoms with Crippen LogP contribution in [0.1, 0.15) is 64.7 Å². The number of ether oxygens (including phenoxy) is 2. The average molecular weight is 304 g/mol. The molecule has 0 spiro atoms. The van der Waals surface area contributed by atoms with Crippen LogP contribution in [0, 0.1) is 0 Å². The van der Waals surface area contributed by atoms with E-state index in [1.165, 1.54) is 19.3 Å². The fourth-order valence-corrected chi connectivity index (χ4v) is 1.96. The number of carbonyl (C=O) groups is 1. The van der Waals surface area contributed by atoms with Crippen molar-refractivity contribution in [2.75, 3.05) is 19.8 Å². The van der Waals surface area contributed by atoms with E-state index < -0.39 is 6.29 Å². The first-order valence-electron chi connectivity index (χ1n) is 8.16. The van der Waals surface area contributed by atoms with Gasteiger partial charge in [-0.2, -0.15) is 0 Å². The van der Waals surface area contributed by atoms with Crippen molar-refractivity contribution in [3.8, 4) is 0 Å². The second kappa shape index (κ2) is 15.9. The second-order valence-corrected chi connectivity index (χ2v) is 5.38. The summed E-state index contributed by atoms with van der Waals surface area (Å²) in [6.45, 7) is 4.06. The highest BCUT2D eigenvalue weighted by molar-refractivity contribution is 5.48. The van der Waals surface area contributed by atoms with E-state index in [9.17, 15) is 4.79 Å². The molecular weight excluding hydrogens is 272 g/mol. The van der Waals surface area contributed by atoms with Crippen LogP contribution in [0.15, 0.2) is 0 Å². The Morgan fingerprint density at radius 1 is 1.05 bits per heavy atom. The van der Waals surface area contributed by atoms with Gasteiger partial charge in [-0.1, -0.05) is 0 Å². The lowest BCUT2D eigenvalue weighted by molar-refractivity contribution is -0.123. The molecular formula is C16H32O5. The highest BCUT2D eigenvalue weighted by atomic mass is 16.6. The summed E-state index contributed by atoms with van der Waals surface area (Å²) in [6.07, 6.45) is 10.0. The molecule has 126 valence electrons. The fraction of sp³-hybridized carbons (Fsp3) is 0.938. The Kier molecular flexibility index (Phi) is 15.5. The number of hydrogen-bond acceptors (Lipinski definition) is 5. The predicted octanol–water partition coefficient (Wildman–Crippen LogP) is 2.43. The summed E-state index contributed by atoms with van der Waals surface area (Å²) in [7, 11) is 0. The molecule has 0 saturated carbocycles. The Hall–Kier alpha value is -0.490. The monoisotopic (exact) mass is 304 g/mol. The highest BCUT2D eigenvalue weighted by Gasteiger charge is 2.07. The van der Waals surface area contributed by atoms with Gasteiger partial charge < -0.3 is 24.5 Å². The van der Waals surface area contributed by atoms with Crippen molar-refractivity contribution in [1.29, 1.82) is 0 Å². The summed E-state index contributed by atoms with van der Waals surface area (Å²) in [4.78, 5) is 9.60. The van der Waals surface area contributed by atoms with Crippen LogP contribution in [0.4, 0.5) is 0 Å². The molecule has 2 rings (SSSR count). The van der Waals surface area contributed by atoms with Crippen LogP contribution in [0.25, 0.3) is 0 Å². The lowest BCUT2D eigenvalue weighted by Gasteiger charge is -2.17. The first-order chi connectivity index (χ1) is 10.2. The summed E-state index contributed by atoms with van der Waals surface area (Å²) >= 11 is 0. The van der Waals surface area contributed by atoms with E-state index in [2.05, 4.69) is 6.92 Å². The largest absolute Gasteiger partial charge is 0.396 e. The van der Waals surface area contributed by atoms with Gasteiger partial charge in [-0.25, -0.2) is 0 Å². The van der Waals surface area contributed by atoms with E-state index in [0.29, 0.717) is 12.5 Å². The maximum atomic E-state index is 9.60. The van der Waals surface area contributed by atoms with Gasteiger partial charge in [0.2, 0.25) is 0 Å². The van der Waals surface area contributed by atoms with Crippen molar-refractivity contribution in [3.05, 3.63) is 0 Å². The molecule has 5 nitrogen and oxygen atoms in total. The van der Waals surface area contributed by atoms with Gasteiger partial charge in [0.15, 0.2) is 6.29 Å². The van der Waals surface area contributed by atoms with Gasteiger partial charge >= 0.3 is 0 Å². The van der Waals surface area contributed by atoms with E-state index in [-0.39, 0.29) is 6.61 Å². The molecule has 2 saturated heterocycles. The highest BCUT2D eigenvalue weighted by Crippen LogP contribution is 2.10. The quantitative estimate of drug-likeness (QED) is 0.616. The average Bonchev–Trinajstić information content (AvgIpc) is 2.51. The van der Waals surface area contributed by atoms with Gasteiger partial charge in [0.25, 0.3) is 0 Å². The van der Waals surface area contributed by atoms with Crippen LogP contribution in [-0.2, 0) is 14.3 Å². The Morgan fingerprint density at radius 2 is 1.71 bits per heavy atom. The van der Waals surface area contributed by atoms with Crippen LogP contribution in [0.5, 0.6) is 0 Å². The summed E-state index contributed by atoms with van der Waals surface area (Å²) in [5.74, 6) is 0. The summed E-state index contributed by atoms with van der Waals surface area (Å²) in [5.41, 5.74) is 0. The van der Waals surface area contributed by atoms with Crippen molar-refractivity contribution in [2.45, 2.75) is 77.1 Å². The topological polar surface area (TPSA) is 76.0 Å². The molecule has 21 heavy (non-hydrogen) atoms. The molecule has 0 amide bonds. The van der Waals surface area contributed by atoms with Crippen molar-refractivity contribution >= 4 is 6.29 Å². The number of aldehydes is 1. The molecule has 2 atom stereocenters. The molecule has 2 N–H and O–H groups in total. The van der Waals surface area contributed by atoms with Gasteiger partial charge in [-0.15, -0.1) is 0 Å². The number of aliphatic hydroxyl groups excluding tert-OH is 2. The van der Waals surface area contributed by atoms with Crippen molar-refractivity contribution < 1.29 is 24.5 Å². The SMILES string of the molecule is CC1CCCCO1.O=CCCCCO.OC1CCCCO1. The molecule has 5 heteroatoms. The lowest BCUT2D eigenvalue weighted by atomic mass is 10.1. The van der Waals surface area contributed by atoms with Crippen LogP contribution in [-0.4, -0.2) is 48.7 Å². The zero-order valence-corrected chi connectivity index (χ0v) is 13.3. The Labute approximate surface area is 128 Å². The lowest BCUT2D eigenvalue weighted by Crippen LogP contribution is -2.17. The molecule has 0 aliphatic carbocycles. The first kappa shape index (κ1) is 20.5. The third kappa shape index (κ3) is 15.7. The van der Waals surface area contributed by atoms with Crippen molar-refractivity contribution in [1.82, 2.24) is 0 Å². The minimum Gasteiger partial charge on any atom is -0.396 e. The number of hydrogen-bond donors (Lipinski definition) is 2. The first-order valence-corrected chi connectivity index (χ1v) is 8.16. The predicted molar refractivity (Wildman–Crippen MR) is 82.1 cm³/mol.